The summed E-state index contributed by atoms with van der Waals surface area (Å²) in [6.07, 6.45) is -2.40. The summed E-state index contributed by atoms with van der Waals surface area (Å²) in [4.78, 5) is 4.00. The molecule has 0 unspecified atom stereocenters. The highest BCUT2D eigenvalue weighted by Gasteiger charge is 2.35. The first-order chi connectivity index (χ1) is 8.53. The van der Waals surface area contributed by atoms with Crippen molar-refractivity contribution in [1.29, 1.82) is 5.41 Å². The van der Waals surface area contributed by atoms with Gasteiger partial charge >= 0.3 is 6.18 Å². The third-order valence-corrected chi connectivity index (χ3v) is 2.03. The third kappa shape index (κ3) is 6.08. The zero-order valence-electron chi connectivity index (χ0n) is 11.2. The van der Waals surface area contributed by atoms with Crippen LogP contribution in [0.4, 0.5) is 13.2 Å². The van der Waals surface area contributed by atoms with Gasteiger partial charge in [0.1, 0.15) is 0 Å². The van der Waals surface area contributed by atoms with Crippen LogP contribution in [0, 0.1) is 10.8 Å². The monoisotopic (exact) mass is 276 g/mol. The highest BCUT2D eigenvalue weighted by Crippen LogP contribution is 2.27. The first-order valence-corrected chi connectivity index (χ1v) is 5.52. The molecule has 0 saturated heterocycles. The second-order valence-corrected chi connectivity index (χ2v) is 5.12. The van der Waals surface area contributed by atoms with Crippen molar-refractivity contribution in [3.8, 4) is 0 Å². The summed E-state index contributed by atoms with van der Waals surface area (Å²) >= 11 is 0. The summed E-state index contributed by atoms with van der Waals surface area (Å²) in [5.74, 6) is 0. The van der Waals surface area contributed by atoms with Gasteiger partial charge in [-0.3, -0.25) is 4.99 Å². The Hall–Kier alpha value is -1.79. The molecule has 0 amide bonds. The molecule has 0 bridgehead atoms. The minimum absolute atomic E-state index is 0.0555. The molecule has 0 aliphatic carbocycles. The molecule has 0 fully saturated rings. The van der Waals surface area contributed by atoms with Crippen LogP contribution in [-0.2, 0) is 0 Å². The summed E-state index contributed by atoms with van der Waals surface area (Å²) in [5, 5.41) is 6.80. The first kappa shape index (κ1) is 17.2. The Bertz CT molecular complexity index is 412. The Balaban J connectivity index is 5.29. The van der Waals surface area contributed by atoms with Crippen molar-refractivity contribution in [2.45, 2.75) is 26.9 Å². The minimum Gasteiger partial charge on any atom is -0.404 e. The van der Waals surface area contributed by atoms with Gasteiger partial charge in [0, 0.05) is 30.7 Å². The van der Waals surface area contributed by atoms with E-state index < -0.39 is 17.4 Å². The molecule has 4 nitrogen and oxygen atoms in total. The number of hydrogen-bond acceptors (Lipinski definition) is 4. The van der Waals surface area contributed by atoms with Gasteiger partial charge in [-0.1, -0.05) is 20.8 Å². The minimum atomic E-state index is -4.70. The number of alkyl halides is 3. The topological polar surface area (TPSA) is 88.2 Å². The van der Waals surface area contributed by atoms with E-state index in [1.807, 2.05) is 20.8 Å². The maximum Gasteiger partial charge on any atom is 0.419 e. The molecule has 19 heavy (non-hydrogen) atoms. The van der Waals surface area contributed by atoms with Crippen LogP contribution in [0.25, 0.3) is 0 Å². The van der Waals surface area contributed by atoms with Gasteiger partial charge in [0.2, 0.25) is 0 Å². The molecule has 0 aromatic carbocycles. The van der Waals surface area contributed by atoms with Crippen molar-refractivity contribution in [2.75, 3.05) is 6.54 Å². The number of rotatable bonds is 4. The molecule has 0 rings (SSSR count). The van der Waals surface area contributed by atoms with Gasteiger partial charge in [-0.2, -0.15) is 13.2 Å². The van der Waals surface area contributed by atoms with Gasteiger partial charge in [0.25, 0.3) is 0 Å². The fourth-order valence-corrected chi connectivity index (χ4v) is 1.09. The quantitative estimate of drug-likeness (QED) is 0.543. The van der Waals surface area contributed by atoms with Crippen molar-refractivity contribution >= 4 is 12.4 Å². The fourth-order valence-electron chi connectivity index (χ4n) is 1.09. The van der Waals surface area contributed by atoms with E-state index in [4.69, 9.17) is 16.9 Å². The molecule has 0 radical (unpaired) electrons. The fraction of sp³-hybridized carbons (Fsp3) is 0.500. The average molecular weight is 276 g/mol. The average Bonchev–Trinajstić information content (AvgIpc) is 2.21. The highest BCUT2D eigenvalue weighted by molar-refractivity contribution is 5.89. The van der Waals surface area contributed by atoms with Crippen LogP contribution in [0.3, 0.4) is 0 Å². The smallest absolute Gasteiger partial charge is 0.404 e. The van der Waals surface area contributed by atoms with E-state index in [2.05, 4.69) is 4.99 Å². The van der Waals surface area contributed by atoms with Crippen molar-refractivity contribution in [2.24, 2.45) is 21.9 Å². The molecule has 0 aromatic rings. The number of nitrogens with two attached hydrogens (primary N) is 2. The van der Waals surface area contributed by atoms with Gasteiger partial charge in [-0.05, 0) is 5.41 Å². The van der Waals surface area contributed by atoms with Crippen molar-refractivity contribution in [3.05, 3.63) is 23.0 Å². The van der Waals surface area contributed by atoms with E-state index in [0.29, 0.717) is 6.54 Å². The molecule has 0 saturated carbocycles. The lowest BCUT2D eigenvalue weighted by Gasteiger charge is -2.15. The zero-order valence-corrected chi connectivity index (χ0v) is 11.2. The van der Waals surface area contributed by atoms with Gasteiger partial charge in [-0.15, -0.1) is 0 Å². The highest BCUT2D eigenvalue weighted by atomic mass is 19.4. The van der Waals surface area contributed by atoms with E-state index in [0.717, 1.165) is 6.20 Å². The van der Waals surface area contributed by atoms with Crippen molar-refractivity contribution in [3.63, 3.8) is 0 Å². The van der Waals surface area contributed by atoms with Crippen LogP contribution in [0.5, 0.6) is 0 Å². The van der Waals surface area contributed by atoms with E-state index in [1.165, 1.54) is 6.21 Å². The SMILES string of the molecule is CC(C)(C)CN=CC(=C\N)/C(N)=C(/C=N)C(F)(F)F. The number of hydrogen-bond donors (Lipinski definition) is 3. The maximum absolute atomic E-state index is 12.6. The molecule has 0 aliphatic rings. The van der Waals surface area contributed by atoms with Gasteiger partial charge < -0.3 is 16.9 Å². The second-order valence-electron chi connectivity index (χ2n) is 5.12. The standard InChI is InChI=1S/C12H19F3N4/c1-11(2,3)7-19-6-8(4-16)10(18)9(5-17)12(13,14)15/h4-6,17H,7,16,18H2,1-3H3/b8-4+,10-9+,17-5?,19-6?. The Morgan fingerprint density at radius 3 is 2.11 bits per heavy atom. The van der Waals surface area contributed by atoms with E-state index in [-0.39, 0.29) is 17.2 Å². The normalized spacial score (nSPS) is 15.6. The maximum atomic E-state index is 12.6. The number of nitrogens with one attached hydrogen (secondary N) is 1. The Morgan fingerprint density at radius 2 is 1.79 bits per heavy atom. The number of nitrogens with zero attached hydrogens (tertiary/aromatic N) is 1. The zero-order chi connectivity index (χ0) is 15.3. The lowest BCUT2D eigenvalue weighted by atomic mass is 9.97. The molecule has 0 atom stereocenters. The molecular formula is C12H19F3N4. The number of halogens is 3. The van der Waals surface area contributed by atoms with Crippen molar-refractivity contribution < 1.29 is 13.2 Å². The van der Waals surface area contributed by atoms with Gasteiger partial charge in [-0.25, -0.2) is 0 Å². The summed E-state index contributed by atoms with van der Waals surface area (Å²) < 4.78 is 37.7. The van der Waals surface area contributed by atoms with E-state index >= 15 is 0 Å². The van der Waals surface area contributed by atoms with Crippen LogP contribution in [0.15, 0.2) is 28.0 Å². The van der Waals surface area contributed by atoms with Crippen LogP contribution in [-0.4, -0.2) is 25.2 Å². The first-order valence-electron chi connectivity index (χ1n) is 5.52. The Morgan fingerprint density at radius 1 is 1.26 bits per heavy atom. The third-order valence-electron chi connectivity index (χ3n) is 2.03. The van der Waals surface area contributed by atoms with Crippen LogP contribution >= 0.6 is 0 Å². The molecule has 108 valence electrons. The second kappa shape index (κ2) is 6.40. The Kier molecular flexibility index (Phi) is 5.80. The van der Waals surface area contributed by atoms with Crippen LogP contribution in [0.2, 0.25) is 0 Å². The summed E-state index contributed by atoms with van der Waals surface area (Å²) in [7, 11) is 0. The molecule has 0 aliphatic heterocycles. The largest absolute Gasteiger partial charge is 0.419 e. The number of allylic oxidation sites excluding steroid dienone is 2. The molecule has 5 N–H and O–H groups in total. The van der Waals surface area contributed by atoms with Gasteiger partial charge in [0.05, 0.1) is 11.3 Å². The van der Waals surface area contributed by atoms with Crippen LogP contribution in [0.1, 0.15) is 20.8 Å². The Labute approximate surface area is 110 Å². The molecular weight excluding hydrogens is 257 g/mol. The predicted octanol–water partition coefficient (Wildman–Crippen LogP) is 2.37. The molecule has 0 aromatic heterocycles. The molecule has 0 heterocycles. The van der Waals surface area contributed by atoms with Gasteiger partial charge in [0.15, 0.2) is 0 Å². The lowest BCUT2D eigenvalue weighted by Crippen LogP contribution is -2.21. The molecule has 7 heteroatoms. The summed E-state index contributed by atoms with van der Waals surface area (Å²) in [6.45, 7) is 6.24. The van der Waals surface area contributed by atoms with Crippen LogP contribution < -0.4 is 11.5 Å². The lowest BCUT2D eigenvalue weighted by molar-refractivity contribution is -0.0863. The molecule has 0 spiro atoms. The predicted molar refractivity (Wildman–Crippen MR) is 71.1 cm³/mol. The summed E-state index contributed by atoms with van der Waals surface area (Å²) in [6, 6.07) is 0. The number of aliphatic imine (C=N–C) groups is 1. The van der Waals surface area contributed by atoms with E-state index in [9.17, 15) is 13.2 Å². The summed E-state index contributed by atoms with van der Waals surface area (Å²) in [5.41, 5.74) is 8.64. The van der Waals surface area contributed by atoms with Crippen molar-refractivity contribution in [1.82, 2.24) is 0 Å². The van der Waals surface area contributed by atoms with E-state index in [1.54, 1.807) is 0 Å².